The smallest absolute Gasteiger partial charge is 0.408 e. The maximum absolute atomic E-state index is 14.3. The number of alkyl carbamates (subject to hydrolysis) is 1. The van der Waals surface area contributed by atoms with E-state index in [0.717, 1.165) is 48.8 Å². The molecule has 0 fully saturated rings. The summed E-state index contributed by atoms with van der Waals surface area (Å²) in [7, 11) is 0. The summed E-state index contributed by atoms with van der Waals surface area (Å²) in [5.41, 5.74) is 2.21. The summed E-state index contributed by atoms with van der Waals surface area (Å²) in [6.45, 7) is 14.7. The molecule has 3 amide bonds. The molecule has 0 saturated carbocycles. The lowest BCUT2D eigenvalue weighted by Gasteiger charge is -2.35. The molecule has 7 nitrogen and oxygen atoms in total. The van der Waals surface area contributed by atoms with Gasteiger partial charge in [0.25, 0.3) is 0 Å². The van der Waals surface area contributed by atoms with Crippen molar-refractivity contribution in [2.45, 2.75) is 124 Å². The van der Waals surface area contributed by atoms with Gasteiger partial charge >= 0.3 is 6.09 Å². The number of ether oxygens (including phenoxy) is 1. The quantitative estimate of drug-likeness (QED) is 0.182. The van der Waals surface area contributed by atoms with Gasteiger partial charge in [-0.1, -0.05) is 70.6 Å². The monoisotopic (exact) mass is 577 g/mol. The fourth-order valence-electron chi connectivity index (χ4n) is 4.58. The van der Waals surface area contributed by atoms with E-state index in [1.807, 2.05) is 38.3 Å². The topological polar surface area (TPSA) is 87.7 Å². The molecule has 40 heavy (non-hydrogen) atoms. The Hall–Kier alpha value is -2.22. The minimum absolute atomic E-state index is 0.178. The lowest BCUT2D eigenvalue weighted by molar-refractivity contribution is -0.142. The number of unbranched alkanes of at least 4 members (excludes halogenated alkanes) is 6. The second-order valence-corrected chi connectivity index (χ2v) is 12.6. The molecule has 0 radical (unpaired) electrons. The molecule has 0 saturated heterocycles. The molecule has 1 aromatic carbocycles. The number of thioether (sulfide) groups is 1. The Bertz CT molecular complexity index is 916. The number of nitrogens with one attached hydrogen (secondary N) is 2. The minimum Gasteiger partial charge on any atom is -0.444 e. The van der Waals surface area contributed by atoms with Crippen molar-refractivity contribution >= 4 is 29.7 Å². The molecule has 2 atom stereocenters. The Morgan fingerprint density at radius 1 is 0.975 bits per heavy atom. The zero-order valence-electron chi connectivity index (χ0n) is 26.4. The molecule has 1 rings (SSSR count). The molecule has 2 N–H and O–H groups in total. The van der Waals surface area contributed by atoms with Crippen LogP contribution in [0.3, 0.4) is 0 Å². The molecule has 0 aromatic heterocycles. The predicted octanol–water partition coefficient (Wildman–Crippen LogP) is 7.10. The van der Waals surface area contributed by atoms with E-state index in [1.54, 1.807) is 37.4 Å². The van der Waals surface area contributed by atoms with E-state index in [0.29, 0.717) is 25.3 Å². The molecular weight excluding hydrogens is 522 g/mol. The number of carbonyl (C=O) groups is 3. The van der Waals surface area contributed by atoms with Crippen molar-refractivity contribution in [3.05, 3.63) is 34.9 Å². The zero-order valence-corrected chi connectivity index (χ0v) is 27.2. The summed E-state index contributed by atoms with van der Waals surface area (Å²) in [4.78, 5) is 42.6. The fourth-order valence-corrected chi connectivity index (χ4v) is 5.05. The first-order valence-corrected chi connectivity index (χ1v) is 16.5. The van der Waals surface area contributed by atoms with Gasteiger partial charge in [0.05, 0.1) is 0 Å². The van der Waals surface area contributed by atoms with Gasteiger partial charge in [-0.05, 0) is 82.6 Å². The first-order valence-electron chi connectivity index (χ1n) is 15.1. The average molecular weight is 578 g/mol. The number of hydrogen-bond acceptors (Lipinski definition) is 5. The van der Waals surface area contributed by atoms with Crippen molar-refractivity contribution < 1.29 is 19.1 Å². The molecular formula is C32H55N3O4S. The third-order valence-corrected chi connectivity index (χ3v) is 7.61. The molecule has 0 aliphatic rings. The van der Waals surface area contributed by atoms with Crippen LogP contribution < -0.4 is 10.6 Å². The van der Waals surface area contributed by atoms with Crippen molar-refractivity contribution in [3.8, 4) is 0 Å². The van der Waals surface area contributed by atoms with Crippen LogP contribution >= 0.6 is 11.8 Å². The molecule has 0 spiro atoms. The first kappa shape index (κ1) is 35.8. The summed E-state index contributed by atoms with van der Waals surface area (Å²) in [5, 5.41) is 5.92. The van der Waals surface area contributed by atoms with Crippen LogP contribution in [0.5, 0.6) is 0 Å². The minimum atomic E-state index is -0.793. The molecule has 0 bridgehead atoms. The van der Waals surface area contributed by atoms with Gasteiger partial charge in [0.1, 0.15) is 17.7 Å². The van der Waals surface area contributed by atoms with E-state index in [-0.39, 0.29) is 11.8 Å². The van der Waals surface area contributed by atoms with E-state index in [9.17, 15) is 14.4 Å². The number of carbonyl (C=O) groups excluding carboxylic acids is 3. The SMILES string of the molecule is CCCCCCCCN(C(=O)C(CCSC)NC(=O)OC(C)(C)C)C(C(=O)NCCCC)c1cccc(C)c1C. The van der Waals surface area contributed by atoms with Crippen molar-refractivity contribution in [2.24, 2.45) is 0 Å². The molecule has 0 aliphatic heterocycles. The highest BCUT2D eigenvalue weighted by atomic mass is 32.2. The van der Waals surface area contributed by atoms with Gasteiger partial charge in [0.2, 0.25) is 11.8 Å². The van der Waals surface area contributed by atoms with Gasteiger partial charge in [-0.25, -0.2) is 4.79 Å². The summed E-state index contributed by atoms with van der Waals surface area (Å²) in [5.74, 6) is 0.265. The molecule has 8 heteroatoms. The Morgan fingerprint density at radius 2 is 1.62 bits per heavy atom. The van der Waals surface area contributed by atoms with Gasteiger partial charge in [0.15, 0.2) is 0 Å². The molecule has 1 aromatic rings. The van der Waals surface area contributed by atoms with Crippen molar-refractivity contribution in [1.29, 1.82) is 0 Å². The van der Waals surface area contributed by atoms with Crippen molar-refractivity contribution in [2.75, 3.05) is 25.1 Å². The highest BCUT2D eigenvalue weighted by Gasteiger charge is 2.36. The fraction of sp³-hybridized carbons (Fsp3) is 0.719. The normalized spacial score (nSPS) is 12.9. The van der Waals surface area contributed by atoms with Gasteiger partial charge in [-0.2, -0.15) is 11.8 Å². The number of aryl methyl sites for hydroxylation is 1. The van der Waals surface area contributed by atoms with E-state index in [1.165, 1.54) is 19.3 Å². The highest BCUT2D eigenvalue weighted by molar-refractivity contribution is 7.98. The molecule has 0 heterocycles. The van der Waals surface area contributed by atoms with Crippen molar-refractivity contribution in [1.82, 2.24) is 15.5 Å². The summed E-state index contributed by atoms with van der Waals surface area (Å²) in [6.07, 6.45) is 10.0. The van der Waals surface area contributed by atoms with Crippen LogP contribution in [0.25, 0.3) is 0 Å². The van der Waals surface area contributed by atoms with Crippen LogP contribution in [0.15, 0.2) is 18.2 Å². The maximum atomic E-state index is 14.3. The second kappa shape index (κ2) is 19.0. The molecule has 228 valence electrons. The Kier molecular flexibility index (Phi) is 17.0. The van der Waals surface area contributed by atoms with Crippen LogP contribution in [-0.2, 0) is 14.3 Å². The Balaban J connectivity index is 3.47. The van der Waals surface area contributed by atoms with Crippen molar-refractivity contribution in [3.63, 3.8) is 0 Å². The number of rotatable bonds is 18. The van der Waals surface area contributed by atoms with Crippen LogP contribution in [0.4, 0.5) is 4.79 Å². The van der Waals surface area contributed by atoms with E-state index in [4.69, 9.17) is 4.74 Å². The molecule has 0 aliphatic carbocycles. The lowest BCUT2D eigenvalue weighted by atomic mass is 9.94. The number of benzene rings is 1. The standard InChI is InChI=1S/C32H55N3O4S/c1-9-11-13-14-15-16-22-35(30(37)27(20-23-40-8)34-31(38)39-32(5,6)7)28(29(36)33-21-12-10-2)26-19-17-18-24(3)25(26)4/h17-19,27-28H,9-16,20-23H2,1-8H3,(H,33,36)(H,34,38). The number of amides is 3. The summed E-state index contributed by atoms with van der Waals surface area (Å²) < 4.78 is 5.50. The maximum Gasteiger partial charge on any atom is 0.408 e. The Labute approximate surface area is 248 Å². The van der Waals surface area contributed by atoms with E-state index >= 15 is 0 Å². The van der Waals surface area contributed by atoms with Crippen LogP contribution in [0.1, 0.15) is 115 Å². The average Bonchev–Trinajstić information content (AvgIpc) is 2.88. The van der Waals surface area contributed by atoms with Gasteiger partial charge < -0.3 is 20.3 Å². The largest absolute Gasteiger partial charge is 0.444 e. The Morgan fingerprint density at radius 3 is 2.25 bits per heavy atom. The van der Waals surface area contributed by atoms with Crippen LogP contribution in [0.2, 0.25) is 0 Å². The lowest BCUT2D eigenvalue weighted by Crippen LogP contribution is -2.53. The van der Waals surface area contributed by atoms with Crippen LogP contribution in [0, 0.1) is 13.8 Å². The number of nitrogens with zero attached hydrogens (tertiary/aromatic N) is 1. The predicted molar refractivity (Wildman–Crippen MR) is 168 cm³/mol. The third kappa shape index (κ3) is 13.0. The van der Waals surface area contributed by atoms with Gasteiger partial charge in [-0.3, -0.25) is 9.59 Å². The molecule has 2 unspecified atom stereocenters. The van der Waals surface area contributed by atoms with Gasteiger partial charge in [-0.15, -0.1) is 0 Å². The first-order chi connectivity index (χ1) is 19.0. The van der Waals surface area contributed by atoms with E-state index < -0.39 is 23.8 Å². The third-order valence-electron chi connectivity index (χ3n) is 6.97. The second-order valence-electron chi connectivity index (χ2n) is 11.6. The van der Waals surface area contributed by atoms with Gasteiger partial charge in [0, 0.05) is 13.1 Å². The summed E-state index contributed by atoms with van der Waals surface area (Å²) >= 11 is 1.62. The number of hydrogen-bond donors (Lipinski definition) is 2. The summed E-state index contributed by atoms with van der Waals surface area (Å²) in [6, 6.07) is 4.35. The van der Waals surface area contributed by atoms with Crippen LogP contribution in [-0.4, -0.2) is 59.5 Å². The van der Waals surface area contributed by atoms with E-state index in [2.05, 4.69) is 24.5 Å². The zero-order chi connectivity index (χ0) is 30.1. The highest BCUT2D eigenvalue weighted by Crippen LogP contribution is 2.28.